The molecule has 0 aliphatic heterocycles. The summed E-state index contributed by atoms with van der Waals surface area (Å²) in [5, 5.41) is 15.3. The van der Waals surface area contributed by atoms with Gasteiger partial charge in [0.25, 0.3) is 0 Å². The number of hydrogen-bond acceptors (Lipinski definition) is 2. The monoisotopic (exact) mass is 307 g/mol. The average molecular weight is 307 g/mol. The maximum Gasteiger partial charge on any atom is 0.0733 e. The fourth-order valence-corrected chi connectivity index (χ4v) is 3.25. The minimum Gasteiger partial charge on any atom is -0.391 e. The molecule has 0 fully saturated rings. The molecule has 0 spiro atoms. The van der Waals surface area contributed by atoms with Gasteiger partial charge in [-0.05, 0) is 51.9 Å². The maximum atomic E-state index is 10.5. The zero-order chi connectivity index (χ0) is 16.4. The summed E-state index contributed by atoms with van der Waals surface area (Å²) < 4.78 is 0. The molecule has 23 heavy (non-hydrogen) atoms. The number of hydrogen-bond donors (Lipinski definition) is 2. The van der Waals surface area contributed by atoms with Crippen LogP contribution in [0.15, 0.2) is 54.6 Å². The summed E-state index contributed by atoms with van der Waals surface area (Å²) in [7, 11) is 0. The molecule has 3 aromatic carbocycles. The van der Waals surface area contributed by atoms with E-state index in [1.54, 1.807) is 0 Å². The highest BCUT2D eigenvalue weighted by Crippen LogP contribution is 2.33. The summed E-state index contributed by atoms with van der Waals surface area (Å²) in [4.78, 5) is 0. The van der Waals surface area contributed by atoms with Crippen LogP contribution in [0.25, 0.3) is 21.5 Å². The highest BCUT2D eigenvalue weighted by atomic mass is 16.3. The molecular weight excluding hydrogens is 282 g/mol. The smallest absolute Gasteiger partial charge is 0.0733 e. The molecule has 0 heterocycles. The van der Waals surface area contributed by atoms with Crippen LogP contribution in [0, 0.1) is 5.92 Å². The van der Waals surface area contributed by atoms with Gasteiger partial charge in [-0.2, -0.15) is 0 Å². The summed E-state index contributed by atoms with van der Waals surface area (Å²) in [6.45, 7) is 4.34. The van der Waals surface area contributed by atoms with Gasteiger partial charge in [-0.25, -0.2) is 0 Å². The number of nitrogens with two attached hydrogens (primary N) is 1. The van der Waals surface area contributed by atoms with Gasteiger partial charge in [0.1, 0.15) is 0 Å². The topological polar surface area (TPSA) is 46.2 Å². The van der Waals surface area contributed by atoms with Crippen LogP contribution in [-0.2, 0) is 0 Å². The Morgan fingerprint density at radius 1 is 0.870 bits per heavy atom. The van der Waals surface area contributed by atoms with Crippen molar-refractivity contribution in [3.8, 4) is 0 Å². The minimum atomic E-state index is -0.512. The van der Waals surface area contributed by atoms with Crippen LogP contribution in [-0.4, -0.2) is 11.2 Å². The van der Waals surface area contributed by atoms with Crippen molar-refractivity contribution in [2.45, 2.75) is 38.8 Å². The van der Waals surface area contributed by atoms with Gasteiger partial charge >= 0.3 is 0 Å². The van der Waals surface area contributed by atoms with Crippen LogP contribution < -0.4 is 5.73 Å². The molecule has 0 aliphatic carbocycles. The van der Waals surface area contributed by atoms with Crippen molar-refractivity contribution in [3.05, 3.63) is 60.2 Å². The molecule has 0 aromatic heterocycles. The molecule has 0 unspecified atom stereocenters. The van der Waals surface area contributed by atoms with Gasteiger partial charge in [0.15, 0.2) is 0 Å². The van der Waals surface area contributed by atoms with E-state index in [2.05, 4.69) is 56.3 Å². The van der Waals surface area contributed by atoms with E-state index in [0.717, 1.165) is 23.8 Å². The van der Waals surface area contributed by atoms with E-state index in [1.807, 2.05) is 12.1 Å². The Morgan fingerprint density at radius 2 is 1.48 bits per heavy atom. The van der Waals surface area contributed by atoms with Gasteiger partial charge < -0.3 is 10.8 Å². The molecule has 2 nitrogen and oxygen atoms in total. The molecule has 3 aromatic rings. The molecule has 3 N–H and O–H groups in total. The van der Waals surface area contributed by atoms with Gasteiger partial charge in [-0.1, -0.05) is 62.4 Å². The normalized spacial score (nSPS) is 14.5. The van der Waals surface area contributed by atoms with Crippen molar-refractivity contribution >= 4 is 21.5 Å². The minimum absolute atomic E-state index is 0.358. The lowest BCUT2D eigenvalue weighted by Gasteiger charge is -2.22. The van der Waals surface area contributed by atoms with E-state index in [9.17, 15) is 5.11 Å². The fraction of sp³-hybridized carbons (Fsp3) is 0.333. The molecular formula is C21H25NO. The van der Waals surface area contributed by atoms with Crippen molar-refractivity contribution in [2.75, 3.05) is 0 Å². The van der Waals surface area contributed by atoms with Crippen molar-refractivity contribution in [2.24, 2.45) is 11.7 Å². The predicted molar refractivity (Wildman–Crippen MR) is 98.5 cm³/mol. The Kier molecular flexibility index (Phi) is 4.65. The summed E-state index contributed by atoms with van der Waals surface area (Å²) in [6, 6.07) is 18.5. The Bertz CT molecular complexity index is 809. The second kappa shape index (κ2) is 6.69. The van der Waals surface area contributed by atoms with Crippen LogP contribution >= 0.6 is 0 Å². The van der Waals surface area contributed by atoms with E-state index in [0.29, 0.717) is 5.92 Å². The van der Waals surface area contributed by atoms with Crippen molar-refractivity contribution in [3.63, 3.8) is 0 Å². The van der Waals surface area contributed by atoms with Crippen LogP contribution in [0.4, 0.5) is 0 Å². The Balaban J connectivity index is 2.08. The zero-order valence-electron chi connectivity index (χ0n) is 13.9. The summed E-state index contributed by atoms with van der Waals surface area (Å²) in [6.07, 6.45) is 1.21. The standard InChI is InChI=1S/C21H25NO/c1-14(2)11-12-20(23)21(22)19-13-15-7-3-4-8-16(15)17-9-5-6-10-18(17)19/h3-10,13-14,20-21,23H,11-12,22H2,1-2H3/t20-,21+/m1/s1. The van der Waals surface area contributed by atoms with Crippen molar-refractivity contribution in [1.29, 1.82) is 0 Å². The Hall–Kier alpha value is -1.90. The van der Waals surface area contributed by atoms with Crippen LogP contribution in [0.5, 0.6) is 0 Å². The first-order valence-corrected chi connectivity index (χ1v) is 8.42. The van der Waals surface area contributed by atoms with Gasteiger partial charge in [0, 0.05) is 0 Å². The first-order valence-electron chi connectivity index (χ1n) is 8.42. The largest absolute Gasteiger partial charge is 0.391 e. The molecule has 0 aliphatic rings. The van der Waals surface area contributed by atoms with E-state index in [-0.39, 0.29) is 6.04 Å². The number of benzene rings is 3. The fourth-order valence-electron chi connectivity index (χ4n) is 3.25. The predicted octanol–water partition coefficient (Wildman–Crippen LogP) is 4.79. The number of rotatable bonds is 5. The van der Waals surface area contributed by atoms with E-state index in [4.69, 9.17) is 5.73 Å². The average Bonchev–Trinajstić information content (AvgIpc) is 2.58. The lowest BCUT2D eigenvalue weighted by molar-refractivity contribution is 0.129. The molecule has 0 saturated heterocycles. The quantitative estimate of drug-likeness (QED) is 0.666. The first-order chi connectivity index (χ1) is 11.1. The molecule has 2 heteroatoms. The molecule has 0 radical (unpaired) electrons. The summed E-state index contributed by atoms with van der Waals surface area (Å²) in [5.74, 6) is 0.574. The third-order valence-electron chi connectivity index (χ3n) is 4.61. The van der Waals surface area contributed by atoms with Crippen molar-refractivity contribution < 1.29 is 5.11 Å². The van der Waals surface area contributed by atoms with Gasteiger partial charge in [-0.3, -0.25) is 0 Å². The van der Waals surface area contributed by atoms with Gasteiger partial charge in [0.05, 0.1) is 12.1 Å². The highest BCUT2D eigenvalue weighted by molar-refractivity contribution is 6.09. The Labute approximate surface area is 137 Å². The molecule has 0 bridgehead atoms. The lowest BCUT2D eigenvalue weighted by Crippen LogP contribution is -2.26. The Morgan fingerprint density at radius 3 is 2.17 bits per heavy atom. The molecule has 0 amide bonds. The maximum absolute atomic E-state index is 10.5. The highest BCUT2D eigenvalue weighted by Gasteiger charge is 2.20. The summed E-state index contributed by atoms with van der Waals surface area (Å²) >= 11 is 0. The number of aliphatic hydroxyl groups excluding tert-OH is 1. The van der Waals surface area contributed by atoms with Gasteiger partial charge in [-0.15, -0.1) is 0 Å². The molecule has 3 rings (SSSR count). The van der Waals surface area contributed by atoms with Crippen LogP contribution in [0.1, 0.15) is 38.3 Å². The van der Waals surface area contributed by atoms with Crippen LogP contribution in [0.3, 0.4) is 0 Å². The molecule has 2 atom stereocenters. The summed E-state index contributed by atoms with van der Waals surface area (Å²) in [5.41, 5.74) is 7.47. The zero-order valence-corrected chi connectivity index (χ0v) is 13.9. The number of fused-ring (bicyclic) bond motifs is 3. The third-order valence-corrected chi connectivity index (χ3v) is 4.61. The second-order valence-electron chi connectivity index (χ2n) is 6.80. The van der Waals surface area contributed by atoms with Crippen LogP contribution in [0.2, 0.25) is 0 Å². The second-order valence-corrected chi connectivity index (χ2v) is 6.80. The SMILES string of the molecule is CC(C)CC[C@@H](O)[C@@H](N)c1cc2ccccc2c2ccccc12. The molecule has 0 saturated carbocycles. The van der Waals surface area contributed by atoms with E-state index >= 15 is 0 Å². The first kappa shape index (κ1) is 16.0. The molecule has 120 valence electrons. The number of aliphatic hydroxyl groups is 1. The van der Waals surface area contributed by atoms with Gasteiger partial charge in [0.2, 0.25) is 0 Å². The van der Waals surface area contributed by atoms with E-state index < -0.39 is 6.10 Å². The van der Waals surface area contributed by atoms with Crippen molar-refractivity contribution in [1.82, 2.24) is 0 Å². The third kappa shape index (κ3) is 3.24. The lowest BCUT2D eigenvalue weighted by atomic mass is 9.90. The van der Waals surface area contributed by atoms with E-state index in [1.165, 1.54) is 16.2 Å².